The van der Waals surface area contributed by atoms with Gasteiger partial charge >= 0.3 is 11.9 Å². The highest BCUT2D eigenvalue weighted by atomic mass is 32.7. The van der Waals surface area contributed by atoms with Crippen molar-refractivity contribution in [2.45, 2.75) is 25.8 Å². The highest BCUT2D eigenvalue weighted by molar-refractivity contribution is 8.38. The molecule has 0 saturated carbocycles. The summed E-state index contributed by atoms with van der Waals surface area (Å²) in [6.07, 6.45) is -0.284. The maximum absolute atomic E-state index is 11.4. The van der Waals surface area contributed by atoms with E-state index in [2.05, 4.69) is 17.3 Å². The predicted molar refractivity (Wildman–Crippen MR) is 56.3 cm³/mol. The molecule has 0 saturated heterocycles. The lowest BCUT2D eigenvalue weighted by atomic mass is 10.2. The van der Waals surface area contributed by atoms with Gasteiger partial charge in [-0.2, -0.15) is 0 Å². The van der Waals surface area contributed by atoms with Crippen LogP contribution in [0.4, 0.5) is 0 Å². The molecule has 0 aliphatic heterocycles. The molecule has 0 aromatic heterocycles. The van der Waals surface area contributed by atoms with E-state index in [9.17, 15) is 14.5 Å². The SMILES string of the molecule is CC[P+]([O-])([S-])N[C@@H](CCC(=O)O)C(=O)O. The zero-order valence-corrected chi connectivity index (χ0v) is 9.88. The van der Waals surface area contributed by atoms with Crippen LogP contribution in [-0.2, 0) is 21.8 Å². The van der Waals surface area contributed by atoms with Crippen molar-refractivity contribution in [3.05, 3.63) is 0 Å². The van der Waals surface area contributed by atoms with Gasteiger partial charge in [-0.1, -0.05) is 6.84 Å². The molecular weight excluding hydrogens is 241 g/mol. The van der Waals surface area contributed by atoms with Gasteiger partial charge in [0, 0.05) is 12.6 Å². The standard InChI is InChI=1S/C7H14NO5PS/c1-2-14(13,15)8-5(7(11)12)3-4-6(9)10/h5H,2-4H2,1H3,(H,9,10)(H,11,12)(H2,8,13,15)/p-1/t5-,14?/m0/s1. The molecule has 0 fully saturated rings. The van der Waals surface area contributed by atoms with Gasteiger partial charge in [-0.25, -0.2) is 5.09 Å². The Morgan fingerprint density at radius 2 is 2.07 bits per heavy atom. The van der Waals surface area contributed by atoms with Gasteiger partial charge in [0.1, 0.15) is 6.04 Å². The summed E-state index contributed by atoms with van der Waals surface area (Å²) < 4.78 is 0. The van der Waals surface area contributed by atoms with Gasteiger partial charge in [0.25, 0.3) is 0 Å². The topological polar surface area (TPSA) is 110 Å². The minimum Gasteiger partial charge on any atom is -0.682 e. The first-order valence-corrected chi connectivity index (χ1v) is 7.21. The van der Waals surface area contributed by atoms with Crippen LogP contribution < -0.4 is 9.98 Å². The average Bonchev–Trinajstić information content (AvgIpc) is 2.11. The van der Waals surface area contributed by atoms with Crippen molar-refractivity contribution in [3.63, 3.8) is 0 Å². The Balaban J connectivity index is 4.28. The van der Waals surface area contributed by atoms with E-state index >= 15 is 0 Å². The smallest absolute Gasteiger partial charge is 0.324 e. The second kappa shape index (κ2) is 6.27. The molecule has 0 radical (unpaired) electrons. The van der Waals surface area contributed by atoms with E-state index in [0.717, 1.165) is 0 Å². The number of nitrogens with one attached hydrogen (secondary N) is 1. The maximum atomic E-state index is 11.4. The van der Waals surface area contributed by atoms with Crippen LogP contribution >= 0.6 is 6.84 Å². The number of carboxylic acids is 2. The van der Waals surface area contributed by atoms with E-state index < -0.39 is 24.8 Å². The van der Waals surface area contributed by atoms with Gasteiger partial charge in [0.15, 0.2) is 0 Å². The Kier molecular flexibility index (Phi) is 6.12. The van der Waals surface area contributed by atoms with Crippen molar-refractivity contribution in [3.8, 4) is 0 Å². The Morgan fingerprint density at radius 3 is 2.40 bits per heavy atom. The van der Waals surface area contributed by atoms with Crippen LogP contribution in [0.5, 0.6) is 0 Å². The summed E-state index contributed by atoms with van der Waals surface area (Å²) in [7, 11) is 0. The van der Waals surface area contributed by atoms with Crippen molar-refractivity contribution >= 4 is 31.0 Å². The van der Waals surface area contributed by atoms with Crippen LogP contribution in [0.1, 0.15) is 19.8 Å². The van der Waals surface area contributed by atoms with Gasteiger partial charge in [-0.15, -0.1) is 0 Å². The monoisotopic (exact) mass is 254 g/mol. The van der Waals surface area contributed by atoms with E-state index in [0.29, 0.717) is 0 Å². The molecule has 0 amide bonds. The number of hydrogen-bond acceptors (Lipinski definition) is 5. The molecule has 0 heterocycles. The lowest BCUT2D eigenvalue weighted by Gasteiger charge is -2.39. The second-order valence-electron chi connectivity index (χ2n) is 2.94. The van der Waals surface area contributed by atoms with Gasteiger partial charge in [-0.05, 0) is 13.3 Å². The Bertz CT molecular complexity index is 248. The largest absolute Gasteiger partial charge is 0.682 e. The Hall–Kier alpha value is -0.360. The summed E-state index contributed by atoms with van der Waals surface area (Å²) in [5.74, 6) is -2.34. The molecule has 3 N–H and O–H groups in total. The molecule has 0 spiro atoms. The average molecular weight is 254 g/mol. The van der Waals surface area contributed by atoms with E-state index in [-0.39, 0.29) is 19.0 Å². The molecule has 0 aliphatic rings. The van der Waals surface area contributed by atoms with Crippen molar-refractivity contribution in [1.29, 1.82) is 0 Å². The van der Waals surface area contributed by atoms with Crippen molar-refractivity contribution in [2.24, 2.45) is 0 Å². The molecule has 0 aliphatic carbocycles. The van der Waals surface area contributed by atoms with Gasteiger partial charge in [0.05, 0.1) is 0 Å². The molecule has 2 atom stereocenters. The van der Waals surface area contributed by atoms with Gasteiger partial charge in [-0.3, -0.25) is 9.59 Å². The van der Waals surface area contributed by atoms with Crippen LogP contribution in [-0.4, -0.2) is 34.4 Å². The van der Waals surface area contributed by atoms with E-state index in [1.54, 1.807) is 6.92 Å². The summed E-state index contributed by atoms with van der Waals surface area (Å²) in [6, 6.07) is -1.16. The molecule has 0 aromatic carbocycles. The van der Waals surface area contributed by atoms with E-state index in [1.807, 2.05) is 0 Å². The van der Waals surface area contributed by atoms with Crippen molar-refractivity contribution < 1.29 is 24.7 Å². The minimum absolute atomic E-state index is 0.134. The van der Waals surface area contributed by atoms with E-state index in [1.165, 1.54) is 0 Å². The zero-order valence-electron chi connectivity index (χ0n) is 8.17. The number of carboxylic acid groups (broad SMARTS) is 2. The summed E-state index contributed by atoms with van der Waals surface area (Å²) in [4.78, 5) is 32.4. The van der Waals surface area contributed by atoms with Gasteiger partial charge < -0.3 is 27.4 Å². The molecular formula is C7H13NO5PS-. The second-order valence-corrected chi connectivity index (χ2v) is 6.95. The molecule has 0 bridgehead atoms. The highest BCUT2D eigenvalue weighted by Crippen LogP contribution is 2.42. The number of carbonyl (C=O) groups is 2. The fourth-order valence-electron chi connectivity index (χ4n) is 0.840. The maximum Gasteiger partial charge on any atom is 0.324 e. The van der Waals surface area contributed by atoms with Crippen LogP contribution in [0.25, 0.3) is 0 Å². The van der Waals surface area contributed by atoms with Crippen molar-refractivity contribution in [2.75, 3.05) is 6.16 Å². The van der Waals surface area contributed by atoms with Crippen LogP contribution in [0.2, 0.25) is 0 Å². The normalized spacial score (nSPS) is 16.7. The summed E-state index contributed by atoms with van der Waals surface area (Å²) in [5.41, 5.74) is 0. The third-order valence-corrected chi connectivity index (χ3v) is 4.34. The van der Waals surface area contributed by atoms with Crippen LogP contribution in [0, 0.1) is 0 Å². The van der Waals surface area contributed by atoms with Gasteiger partial charge in [0.2, 0.25) is 0 Å². The van der Waals surface area contributed by atoms with Crippen molar-refractivity contribution in [1.82, 2.24) is 5.09 Å². The zero-order chi connectivity index (χ0) is 12.1. The molecule has 6 nitrogen and oxygen atoms in total. The summed E-state index contributed by atoms with van der Waals surface area (Å²) in [6.45, 7) is -1.50. The Labute approximate surface area is 93.3 Å². The fourth-order valence-corrected chi connectivity index (χ4v) is 2.12. The number of rotatable bonds is 7. The Morgan fingerprint density at radius 1 is 1.53 bits per heavy atom. The lowest BCUT2D eigenvalue weighted by molar-refractivity contribution is -0.168. The molecule has 88 valence electrons. The minimum atomic E-state index is -3.08. The molecule has 8 heteroatoms. The lowest BCUT2D eigenvalue weighted by Crippen LogP contribution is -2.40. The highest BCUT2D eigenvalue weighted by Gasteiger charge is 2.23. The molecule has 1 unspecified atom stereocenters. The third-order valence-electron chi connectivity index (χ3n) is 1.71. The van der Waals surface area contributed by atoms with Crippen LogP contribution in [0.3, 0.4) is 0 Å². The quantitative estimate of drug-likeness (QED) is 0.418. The molecule has 15 heavy (non-hydrogen) atoms. The summed E-state index contributed by atoms with van der Waals surface area (Å²) in [5, 5.41) is 19.4. The number of aliphatic carboxylic acids is 2. The predicted octanol–water partition coefficient (Wildman–Crippen LogP) is -0.416. The number of hydrogen-bond donors (Lipinski definition) is 3. The first-order chi connectivity index (χ1) is 6.78. The first kappa shape index (κ1) is 14.6. The molecule has 0 aromatic rings. The third kappa shape index (κ3) is 6.67. The van der Waals surface area contributed by atoms with Crippen LogP contribution in [0.15, 0.2) is 0 Å². The van der Waals surface area contributed by atoms with E-state index in [4.69, 9.17) is 10.2 Å². The fraction of sp³-hybridized carbons (Fsp3) is 0.714. The molecule has 0 rings (SSSR count). The summed E-state index contributed by atoms with van der Waals surface area (Å²) >= 11 is 4.65. The first-order valence-electron chi connectivity index (χ1n) is 4.31.